The summed E-state index contributed by atoms with van der Waals surface area (Å²) in [5.41, 5.74) is -0.415. The predicted octanol–water partition coefficient (Wildman–Crippen LogP) is 5.22. The summed E-state index contributed by atoms with van der Waals surface area (Å²) in [5, 5.41) is 7.15. The van der Waals surface area contributed by atoms with E-state index in [1.54, 1.807) is 30.3 Å². The van der Waals surface area contributed by atoms with E-state index in [2.05, 4.69) is 16.0 Å². The molecule has 32 heavy (non-hydrogen) atoms. The molecule has 0 aliphatic carbocycles. The molecule has 0 aliphatic rings. The molecule has 3 aromatic carbocycles. The number of halogens is 4. The summed E-state index contributed by atoms with van der Waals surface area (Å²) in [5.74, 6) is -1.09. The Hall–Kier alpha value is -3.88. The molecule has 3 aromatic rings. The summed E-state index contributed by atoms with van der Waals surface area (Å²) in [4.78, 5) is 25.3. The number of hydrogen-bond donors (Lipinski definition) is 3. The van der Waals surface area contributed by atoms with E-state index in [1.807, 2.05) is 0 Å². The Morgan fingerprint density at radius 2 is 1.44 bits per heavy atom. The first kappa shape index (κ1) is 22.8. The fourth-order valence-corrected chi connectivity index (χ4v) is 2.98. The molecule has 0 saturated carbocycles. The van der Waals surface area contributed by atoms with Crippen LogP contribution >= 0.6 is 0 Å². The van der Waals surface area contributed by atoms with Gasteiger partial charge in [-0.3, -0.25) is 4.79 Å². The maximum Gasteiger partial charge on any atom is 0.418 e. The van der Waals surface area contributed by atoms with Gasteiger partial charge in [0, 0.05) is 12.1 Å². The Balaban J connectivity index is 1.77. The van der Waals surface area contributed by atoms with Crippen molar-refractivity contribution >= 4 is 23.3 Å². The highest BCUT2D eigenvalue weighted by Crippen LogP contribution is 2.34. The van der Waals surface area contributed by atoms with Gasteiger partial charge in [-0.25, -0.2) is 9.18 Å². The van der Waals surface area contributed by atoms with Crippen molar-refractivity contribution in [3.63, 3.8) is 0 Å². The van der Waals surface area contributed by atoms with Gasteiger partial charge in [-0.05, 0) is 42.0 Å². The van der Waals surface area contributed by atoms with Crippen LogP contribution in [0.2, 0.25) is 0 Å². The SMILES string of the molecule is O=C(Nc1ccccc1C(F)(F)F)NC(Cc1ccccc1)C(=O)Nc1ccc(F)cc1. The standard InChI is InChI=1S/C23H19F4N3O2/c24-16-10-12-17(13-11-16)28-21(31)20(14-15-6-2-1-3-7-15)30-22(32)29-19-9-5-4-8-18(19)23(25,26)27/h1-13,20H,14H2,(H,28,31)(H2,29,30,32). The maximum atomic E-state index is 13.2. The lowest BCUT2D eigenvalue weighted by atomic mass is 10.1. The molecule has 0 bridgehead atoms. The van der Waals surface area contributed by atoms with Crippen molar-refractivity contribution in [1.29, 1.82) is 0 Å². The molecule has 3 N–H and O–H groups in total. The third kappa shape index (κ3) is 6.31. The Labute approximate surface area is 181 Å². The van der Waals surface area contributed by atoms with Gasteiger partial charge in [0.05, 0.1) is 11.3 Å². The number of carbonyl (C=O) groups is 2. The van der Waals surface area contributed by atoms with Crippen LogP contribution in [0.4, 0.5) is 33.7 Å². The van der Waals surface area contributed by atoms with Gasteiger partial charge in [0.1, 0.15) is 11.9 Å². The number of rotatable bonds is 6. The Morgan fingerprint density at radius 1 is 0.812 bits per heavy atom. The molecular weight excluding hydrogens is 426 g/mol. The van der Waals surface area contributed by atoms with Crippen LogP contribution in [0, 0.1) is 5.82 Å². The largest absolute Gasteiger partial charge is 0.418 e. The Morgan fingerprint density at radius 3 is 2.09 bits per heavy atom. The highest BCUT2D eigenvalue weighted by Gasteiger charge is 2.33. The predicted molar refractivity (Wildman–Crippen MR) is 113 cm³/mol. The average molecular weight is 445 g/mol. The fraction of sp³-hybridized carbons (Fsp3) is 0.130. The van der Waals surface area contributed by atoms with Crippen LogP contribution in [0.15, 0.2) is 78.9 Å². The third-order valence-corrected chi connectivity index (χ3v) is 4.50. The van der Waals surface area contributed by atoms with Gasteiger partial charge >= 0.3 is 12.2 Å². The van der Waals surface area contributed by atoms with E-state index in [0.717, 1.165) is 29.8 Å². The Kier molecular flexibility index (Phi) is 7.09. The molecule has 0 heterocycles. The number of hydrogen-bond acceptors (Lipinski definition) is 2. The van der Waals surface area contributed by atoms with Gasteiger partial charge in [0.2, 0.25) is 5.91 Å². The van der Waals surface area contributed by atoms with Crippen LogP contribution in [0.3, 0.4) is 0 Å². The van der Waals surface area contributed by atoms with Crippen molar-refractivity contribution in [3.05, 3.63) is 95.8 Å². The van der Waals surface area contributed by atoms with Gasteiger partial charge < -0.3 is 16.0 Å². The van der Waals surface area contributed by atoms with Crippen molar-refractivity contribution in [1.82, 2.24) is 5.32 Å². The zero-order valence-corrected chi connectivity index (χ0v) is 16.6. The monoisotopic (exact) mass is 445 g/mol. The number of para-hydroxylation sites is 1. The van der Waals surface area contributed by atoms with E-state index < -0.39 is 41.2 Å². The first-order valence-corrected chi connectivity index (χ1v) is 9.56. The highest BCUT2D eigenvalue weighted by molar-refractivity contribution is 5.99. The minimum absolute atomic E-state index is 0.0855. The summed E-state index contributed by atoms with van der Waals surface area (Å²) in [6, 6.07) is 16.3. The summed E-state index contributed by atoms with van der Waals surface area (Å²) in [6.07, 6.45) is -4.57. The van der Waals surface area contributed by atoms with Gasteiger partial charge in [0.15, 0.2) is 0 Å². The Bertz CT molecular complexity index is 1070. The van der Waals surface area contributed by atoms with Crippen molar-refractivity contribution in [2.45, 2.75) is 18.6 Å². The van der Waals surface area contributed by atoms with E-state index in [9.17, 15) is 27.2 Å². The minimum atomic E-state index is -4.66. The van der Waals surface area contributed by atoms with Crippen LogP contribution < -0.4 is 16.0 Å². The number of nitrogens with one attached hydrogen (secondary N) is 3. The molecule has 0 fully saturated rings. The van der Waals surface area contributed by atoms with E-state index in [1.165, 1.54) is 24.3 Å². The summed E-state index contributed by atoms with van der Waals surface area (Å²) in [7, 11) is 0. The van der Waals surface area contributed by atoms with Crippen molar-refractivity contribution in [2.75, 3.05) is 10.6 Å². The molecule has 1 atom stereocenters. The molecule has 1 unspecified atom stereocenters. The molecule has 166 valence electrons. The van der Waals surface area contributed by atoms with E-state index in [4.69, 9.17) is 0 Å². The molecule has 0 aliphatic heterocycles. The summed E-state index contributed by atoms with van der Waals surface area (Å²) < 4.78 is 52.7. The van der Waals surface area contributed by atoms with Crippen LogP contribution in [-0.4, -0.2) is 18.0 Å². The number of amides is 3. The zero-order chi connectivity index (χ0) is 23.1. The first-order valence-electron chi connectivity index (χ1n) is 9.56. The van der Waals surface area contributed by atoms with Crippen LogP contribution in [0.5, 0.6) is 0 Å². The van der Waals surface area contributed by atoms with Gasteiger partial charge in [0.25, 0.3) is 0 Å². The maximum absolute atomic E-state index is 13.2. The molecule has 0 aromatic heterocycles. The van der Waals surface area contributed by atoms with E-state index in [-0.39, 0.29) is 6.42 Å². The van der Waals surface area contributed by atoms with Crippen molar-refractivity contribution in [2.24, 2.45) is 0 Å². The van der Waals surface area contributed by atoms with Crippen LogP contribution in [0.1, 0.15) is 11.1 Å². The molecular formula is C23H19F4N3O2. The van der Waals surface area contributed by atoms with Crippen molar-refractivity contribution < 1.29 is 27.2 Å². The molecule has 0 radical (unpaired) electrons. The first-order chi connectivity index (χ1) is 15.2. The number of carbonyl (C=O) groups excluding carboxylic acids is 2. The zero-order valence-electron chi connectivity index (χ0n) is 16.6. The molecule has 3 amide bonds. The minimum Gasteiger partial charge on any atom is -0.326 e. The third-order valence-electron chi connectivity index (χ3n) is 4.50. The molecule has 3 rings (SSSR count). The average Bonchev–Trinajstić information content (AvgIpc) is 2.75. The number of anilines is 2. The molecule has 9 heteroatoms. The number of benzene rings is 3. The lowest BCUT2D eigenvalue weighted by Gasteiger charge is -2.20. The van der Waals surface area contributed by atoms with E-state index >= 15 is 0 Å². The van der Waals surface area contributed by atoms with Gasteiger partial charge in [-0.1, -0.05) is 42.5 Å². The lowest BCUT2D eigenvalue weighted by Crippen LogP contribution is -2.47. The second-order valence-electron chi connectivity index (χ2n) is 6.88. The second-order valence-corrected chi connectivity index (χ2v) is 6.88. The smallest absolute Gasteiger partial charge is 0.326 e. The fourth-order valence-electron chi connectivity index (χ4n) is 2.98. The second kappa shape index (κ2) is 9.95. The van der Waals surface area contributed by atoms with Crippen molar-refractivity contribution in [3.8, 4) is 0 Å². The topological polar surface area (TPSA) is 70.2 Å². The number of urea groups is 1. The highest BCUT2D eigenvalue weighted by atomic mass is 19.4. The van der Waals surface area contributed by atoms with Crippen LogP contribution in [0.25, 0.3) is 0 Å². The molecule has 0 saturated heterocycles. The van der Waals surface area contributed by atoms with Gasteiger partial charge in [-0.15, -0.1) is 0 Å². The lowest BCUT2D eigenvalue weighted by molar-refractivity contribution is -0.137. The quantitative estimate of drug-likeness (QED) is 0.456. The summed E-state index contributed by atoms with van der Waals surface area (Å²) in [6.45, 7) is 0. The normalized spacial score (nSPS) is 12.0. The number of alkyl halides is 3. The summed E-state index contributed by atoms with van der Waals surface area (Å²) >= 11 is 0. The molecule has 0 spiro atoms. The van der Waals surface area contributed by atoms with Crippen LogP contribution in [-0.2, 0) is 17.4 Å². The van der Waals surface area contributed by atoms with Gasteiger partial charge in [-0.2, -0.15) is 13.2 Å². The molecule has 5 nitrogen and oxygen atoms in total. The van der Waals surface area contributed by atoms with E-state index in [0.29, 0.717) is 5.69 Å².